The highest BCUT2D eigenvalue weighted by Crippen LogP contribution is 2.09. The first-order valence-corrected chi connectivity index (χ1v) is 5.77. The molecule has 87 valence electrons. The van der Waals surface area contributed by atoms with Crippen LogP contribution in [0.3, 0.4) is 0 Å². The Morgan fingerprint density at radius 1 is 1.40 bits per heavy atom. The molecule has 15 heavy (non-hydrogen) atoms. The van der Waals surface area contributed by atoms with Gasteiger partial charge < -0.3 is 0 Å². The maximum absolute atomic E-state index is 3.85. The van der Waals surface area contributed by atoms with Gasteiger partial charge in [-0.2, -0.15) is 0 Å². The number of unbranched alkanes of at least 4 members (excludes halogenated alkanes) is 1. The van der Waals surface area contributed by atoms with Crippen molar-refractivity contribution in [2.24, 2.45) is 0 Å². The summed E-state index contributed by atoms with van der Waals surface area (Å²) in [4.78, 5) is 2.28. The third-order valence-electron chi connectivity index (χ3n) is 2.10. The minimum absolute atomic E-state index is 0.437. The summed E-state index contributed by atoms with van der Waals surface area (Å²) in [7, 11) is 0. The zero-order valence-electron chi connectivity index (χ0n) is 10.4. The highest BCUT2D eigenvalue weighted by Gasteiger charge is 2.15. The summed E-state index contributed by atoms with van der Waals surface area (Å²) in [5.74, 6) is 0. The third-order valence-corrected chi connectivity index (χ3v) is 2.10. The Morgan fingerprint density at radius 3 is 2.47 bits per heavy atom. The van der Waals surface area contributed by atoms with E-state index >= 15 is 0 Å². The van der Waals surface area contributed by atoms with Crippen LogP contribution in [0, 0.1) is 6.17 Å². The first kappa shape index (κ1) is 14.4. The Bertz CT molecular complexity index is 175. The van der Waals surface area contributed by atoms with Gasteiger partial charge in [-0.05, 0) is 20.3 Å². The lowest BCUT2D eigenvalue weighted by molar-refractivity contribution is 0.287. The molecule has 0 aliphatic carbocycles. The lowest BCUT2D eigenvalue weighted by Crippen LogP contribution is -2.41. The van der Waals surface area contributed by atoms with Crippen LogP contribution in [0.2, 0.25) is 0 Å². The lowest BCUT2D eigenvalue weighted by Gasteiger charge is -2.29. The minimum atomic E-state index is 0.437. The molecule has 0 saturated carbocycles. The van der Waals surface area contributed by atoms with E-state index in [1.54, 1.807) is 0 Å². The van der Waals surface area contributed by atoms with E-state index in [9.17, 15) is 0 Å². The van der Waals surface area contributed by atoms with Crippen LogP contribution in [0.4, 0.5) is 0 Å². The van der Waals surface area contributed by atoms with Gasteiger partial charge in [-0.3, -0.25) is 10.2 Å². The zero-order chi connectivity index (χ0) is 11.7. The summed E-state index contributed by atoms with van der Waals surface area (Å²) < 4.78 is 0. The van der Waals surface area contributed by atoms with Gasteiger partial charge in [-0.15, -0.1) is 6.58 Å². The van der Waals surface area contributed by atoms with Crippen LogP contribution in [-0.2, 0) is 0 Å². The van der Waals surface area contributed by atoms with Crippen LogP contribution >= 0.6 is 0 Å². The van der Waals surface area contributed by atoms with E-state index in [0.29, 0.717) is 6.04 Å². The van der Waals surface area contributed by atoms with Crippen LogP contribution in [0.25, 0.3) is 0 Å². The van der Waals surface area contributed by atoms with Crippen molar-refractivity contribution in [3.8, 4) is 0 Å². The van der Waals surface area contributed by atoms with E-state index in [-0.39, 0.29) is 0 Å². The third kappa shape index (κ3) is 6.47. The number of nitrogens with one attached hydrogen (secondary N) is 1. The zero-order valence-corrected chi connectivity index (χ0v) is 10.4. The molecule has 1 N–H and O–H groups in total. The molecule has 0 aliphatic heterocycles. The molecular formula is C13H25N2. The monoisotopic (exact) mass is 209 g/mol. The fourth-order valence-corrected chi connectivity index (χ4v) is 1.39. The van der Waals surface area contributed by atoms with Crippen LogP contribution < -0.4 is 5.32 Å². The van der Waals surface area contributed by atoms with Gasteiger partial charge in [0.25, 0.3) is 0 Å². The summed E-state index contributed by atoms with van der Waals surface area (Å²) in [6.45, 7) is 16.0. The van der Waals surface area contributed by atoms with E-state index in [2.05, 4.69) is 44.1 Å². The van der Waals surface area contributed by atoms with Gasteiger partial charge in [0, 0.05) is 19.1 Å². The smallest absolute Gasteiger partial charge is 0.127 e. The van der Waals surface area contributed by atoms with E-state index in [4.69, 9.17) is 0 Å². The van der Waals surface area contributed by atoms with Gasteiger partial charge in [0.2, 0.25) is 0 Å². The van der Waals surface area contributed by atoms with E-state index in [1.807, 2.05) is 12.2 Å². The van der Waals surface area contributed by atoms with Crippen molar-refractivity contribution in [1.82, 2.24) is 10.2 Å². The fourth-order valence-electron chi connectivity index (χ4n) is 1.39. The van der Waals surface area contributed by atoms with Crippen molar-refractivity contribution in [1.29, 1.82) is 0 Å². The Balaban J connectivity index is 4.25. The van der Waals surface area contributed by atoms with Crippen LogP contribution in [0.5, 0.6) is 0 Å². The molecule has 1 radical (unpaired) electrons. The molecule has 0 saturated heterocycles. The molecule has 0 aromatic rings. The van der Waals surface area contributed by atoms with E-state index in [0.717, 1.165) is 19.3 Å². The standard InChI is InChI=1S/C13H25N2/c1-6-9-11-15(10-7-2)13(8-3)14-12(4)5/h7-8,12,14H,2-3,6,9-11H2,1,4-5H3. The number of hydrogen-bond donors (Lipinski definition) is 1. The lowest BCUT2D eigenvalue weighted by atomic mass is 10.2. The summed E-state index contributed by atoms with van der Waals surface area (Å²) in [6.07, 6.45) is 7.34. The Hall–Kier alpha value is -0.600. The molecule has 0 aromatic heterocycles. The first-order valence-electron chi connectivity index (χ1n) is 5.77. The molecule has 2 heteroatoms. The van der Waals surface area contributed by atoms with Crippen molar-refractivity contribution in [3.05, 3.63) is 31.5 Å². The quantitative estimate of drug-likeness (QED) is 0.587. The van der Waals surface area contributed by atoms with Crippen molar-refractivity contribution in [2.75, 3.05) is 13.1 Å². The van der Waals surface area contributed by atoms with Crippen LogP contribution in [0.15, 0.2) is 25.3 Å². The molecule has 0 aromatic carbocycles. The molecule has 0 unspecified atom stereocenters. The van der Waals surface area contributed by atoms with Crippen molar-refractivity contribution in [2.45, 2.75) is 39.7 Å². The number of rotatable bonds is 9. The maximum Gasteiger partial charge on any atom is 0.127 e. The SMILES string of the molecule is C=CCN(CCCC)[C](C=C)NC(C)C. The summed E-state index contributed by atoms with van der Waals surface area (Å²) in [5, 5.41) is 3.40. The molecule has 0 amide bonds. The van der Waals surface area contributed by atoms with Gasteiger partial charge in [-0.1, -0.05) is 32.1 Å². The molecular weight excluding hydrogens is 184 g/mol. The predicted molar refractivity (Wildman–Crippen MR) is 68.4 cm³/mol. The van der Waals surface area contributed by atoms with Crippen molar-refractivity contribution in [3.63, 3.8) is 0 Å². The number of nitrogens with zero attached hydrogens (tertiary/aromatic N) is 1. The Kier molecular flexibility index (Phi) is 8.34. The second kappa shape index (κ2) is 8.69. The van der Waals surface area contributed by atoms with Gasteiger partial charge in [-0.25, -0.2) is 0 Å². The second-order valence-electron chi connectivity index (χ2n) is 3.98. The molecule has 0 atom stereocenters. The molecule has 0 spiro atoms. The minimum Gasteiger partial charge on any atom is -0.291 e. The molecule has 0 rings (SSSR count). The first-order chi connectivity index (χ1) is 7.15. The maximum atomic E-state index is 3.85. The highest BCUT2D eigenvalue weighted by molar-refractivity contribution is 5.05. The van der Waals surface area contributed by atoms with E-state index in [1.165, 1.54) is 12.8 Å². The molecule has 0 fully saturated rings. The summed E-state index contributed by atoms with van der Waals surface area (Å²) in [6, 6.07) is 0.437. The average molecular weight is 209 g/mol. The van der Waals surface area contributed by atoms with Crippen LogP contribution in [0.1, 0.15) is 33.6 Å². The highest BCUT2D eigenvalue weighted by atomic mass is 15.3. The topological polar surface area (TPSA) is 15.3 Å². The van der Waals surface area contributed by atoms with Gasteiger partial charge in [0.15, 0.2) is 0 Å². The normalized spacial score (nSPS) is 11.3. The molecule has 0 bridgehead atoms. The average Bonchev–Trinajstić information content (AvgIpc) is 2.20. The molecule has 0 heterocycles. The molecule has 0 aliphatic rings. The largest absolute Gasteiger partial charge is 0.291 e. The Morgan fingerprint density at radius 2 is 2.07 bits per heavy atom. The van der Waals surface area contributed by atoms with E-state index < -0.39 is 0 Å². The van der Waals surface area contributed by atoms with Gasteiger partial charge >= 0.3 is 0 Å². The Labute approximate surface area is 95.0 Å². The molecule has 2 nitrogen and oxygen atoms in total. The summed E-state index contributed by atoms with van der Waals surface area (Å²) >= 11 is 0. The van der Waals surface area contributed by atoms with Crippen molar-refractivity contribution >= 4 is 0 Å². The van der Waals surface area contributed by atoms with Gasteiger partial charge in [0.1, 0.15) is 6.17 Å². The summed E-state index contributed by atoms with van der Waals surface area (Å²) in [5.41, 5.74) is 0. The number of hydrogen-bond acceptors (Lipinski definition) is 2. The van der Waals surface area contributed by atoms with Gasteiger partial charge in [0.05, 0.1) is 0 Å². The van der Waals surface area contributed by atoms with Crippen LogP contribution in [-0.4, -0.2) is 24.0 Å². The second-order valence-corrected chi connectivity index (χ2v) is 3.98. The predicted octanol–water partition coefficient (Wildman–Crippen LogP) is 2.95. The fraction of sp³-hybridized carbons (Fsp3) is 0.615. The van der Waals surface area contributed by atoms with Crippen molar-refractivity contribution < 1.29 is 0 Å².